The van der Waals surface area contributed by atoms with Gasteiger partial charge in [-0.25, -0.2) is 4.79 Å². The molecule has 1 saturated heterocycles. The third-order valence-corrected chi connectivity index (χ3v) is 3.50. The first-order valence-electron chi connectivity index (χ1n) is 5.74. The fraction of sp³-hybridized carbons (Fsp3) is 0.818. The molecule has 1 aliphatic carbocycles. The lowest BCUT2D eigenvalue weighted by Gasteiger charge is -2.38. The normalized spacial score (nSPS) is 31.8. The van der Waals surface area contributed by atoms with E-state index in [9.17, 15) is 9.59 Å². The van der Waals surface area contributed by atoms with Gasteiger partial charge in [-0.3, -0.25) is 4.79 Å². The Balaban J connectivity index is 1.94. The number of carbonyl (C=O) groups is 2. The van der Waals surface area contributed by atoms with E-state index in [1.807, 2.05) is 6.92 Å². The Morgan fingerprint density at radius 3 is 2.44 bits per heavy atom. The summed E-state index contributed by atoms with van der Waals surface area (Å²) in [7, 11) is 0. The predicted molar refractivity (Wildman–Crippen MR) is 55.9 cm³/mol. The summed E-state index contributed by atoms with van der Waals surface area (Å²) in [6, 6.07) is 0. The Bertz CT molecular complexity index is 311. The zero-order chi connectivity index (χ0) is 11.8. The van der Waals surface area contributed by atoms with Gasteiger partial charge in [0.05, 0.1) is 6.10 Å². The average Bonchev–Trinajstić information content (AvgIpc) is 2.57. The number of rotatable bonds is 3. The molecule has 2 atom stereocenters. The fourth-order valence-corrected chi connectivity index (χ4v) is 2.23. The van der Waals surface area contributed by atoms with Crippen molar-refractivity contribution in [2.75, 3.05) is 0 Å². The fourth-order valence-electron chi connectivity index (χ4n) is 2.23. The highest BCUT2D eigenvalue weighted by Crippen LogP contribution is 2.32. The standard InChI is InChI=1S/C11H17NO4/c1-7-3-4-8(16-7)9(13)12-11(10(14)15)5-2-6-11/h7-8H,2-6H2,1H3,(H,12,13)(H,14,15). The molecule has 2 N–H and O–H groups in total. The highest BCUT2D eigenvalue weighted by Gasteiger charge is 2.47. The van der Waals surface area contributed by atoms with Gasteiger partial charge >= 0.3 is 5.97 Å². The number of aliphatic carboxylic acids is 1. The van der Waals surface area contributed by atoms with Crippen molar-refractivity contribution in [1.82, 2.24) is 5.32 Å². The maximum Gasteiger partial charge on any atom is 0.329 e. The largest absolute Gasteiger partial charge is 0.480 e. The molecule has 1 saturated carbocycles. The van der Waals surface area contributed by atoms with Crippen molar-refractivity contribution in [3.63, 3.8) is 0 Å². The van der Waals surface area contributed by atoms with Gasteiger partial charge in [-0.2, -0.15) is 0 Å². The number of hydrogen-bond acceptors (Lipinski definition) is 3. The molecule has 2 fully saturated rings. The van der Waals surface area contributed by atoms with Crippen LogP contribution in [0.5, 0.6) is 0 Å². The minimum atomic E-state index is -1.02. The van der Waals surface area contributed by atoms with Gasteiger partial charge in [0.2, 0.25) is 5.91 Å². The number of carboxylic acids is 1. The van der Waals surface area contributed by atoms with Gasteiger partial charge < -0.3 is 15.2 Å². The molecule has 1 aliphatic heterocycles. The monoisotopic (exact) mass is 227 g/mol. The zero-order valence-corrected chi connectivity index (χ0v) is 9.36. The van der Waals surface area contributed by atoms with E-state index in [0.29, 0.717) is 19.3 Å². The van der Waals surface area contributed by atoms with E-state index in [0.717, 1.165) is 12.8 Å². The Hall–Kier alpha value is -1.10. The lowest BCUT2D eigenvalue weighted by Crippen LogP contribution is -2.60. The first-order valence-corrected chi connectivity index (χ1v) is 5.74. The van der Waals surface area contributed by atoms with Crippen molar-refractivity contribution in [2.45, 2.75) is 56.8 Å². The van der Waals surface area contributed by atoms with Crippen LogP contribution < -0.4 is 5.32 Å². The first-order chi connectivity index (χ1) is 7.53. The molecule has 2 unspecified atom stereocenters. The molecule has 0 radical (unpaired) electrons. The SMILES string of the molecule is CC1CCC(C(=O)NC2(C(=O)O)CCC2)O1. The molecular formula is C11H17NO4. The predicted octanol–water partition coefficient (Wildman–Crippen LogP) is 0.677. The van der Waals surface area contributed by atoms with Crippen LogP contribution in [0.2, 0.25) is 0 Å². The Morgan fingerprint density at radius 2 is 2.06 bits per heavy atom. The van der Waals surface area contributed by atoms with Gasteiger partial charge in [-0.15, -0.1) is 0 Å². The summed E-state index contributed by atoms with van der Waals surface area (Å²) in [5, 5.41) is 11.7. The van der Waals surface area contributed by atoms with Crippen molar-refractivity contribution < 1.29 is 19.4 Å². The van der Waals surface area contributed by atoms with Crippen LogP contribution in [0.4, 0.5) is 0 Å². The Morgan fingerprint density at radius 1 is 1.38 bits per heavy atom. The minimum Gasteiger partial charge on any atom is -0.480 e. The molecule has 0 bridgehead atoms. The molecule has 2 aliphatic rings. The van der Waals surface area contributed by atoms with Gasteiger partial charge in [0.1, 0.15) is 11.6 Å². The minimum absolute atomic E-state index is 0.0953. The third-order valence-electron chi connectivity index (χ3n) is 3.50. The van der Waals surface area contributed by atoms with E-state index in [-0.39, 0.29) is 12.0 Å². The van der Waals surface area contributed by atoms with E-state index in [4.69, 9.17) is 9.84 Å². The lowest BCUT2D eigenvalue weighted by molar-refractivity contribution is -0.153. The topological polar surface area (TPSA) is 75.6 Å². The molecule has 5 nitrogen and oxygen atoms in total. The Kier molecular flexibility index (Phi) is 2.88. The summed E-state index contributed by atoms with van der Waals surface area (Å²) < 4.78 is 5.41. The maximum absolute atomic E-state index is 11.8. The number of carbonyl (C=O) groups excluding carboxylic acids is 1. The molecule has 5 heteroatoms. The molecule has 0 spiro atoms. The van der Waals surface area contributed by atoms with E-state index in [1.165, 1.54) is 0 Å². The second-order valence-corrected chi connectivity index (χ2v) is 4.74. The van der Waals surface area contributed by atoms with Crippen LogP contribution >= 0.6 is 0 Å². The quantitative estimate of drug-likeness (QED) is 0.743. The summed E-state index contributed by atoms with van der Waals surface area (Å²) in [4.78, 5) is 22.9. The van der Waals surface area contributed by atoms with Crippen LogP contribution in [0.1, 0.15) is 39.0 Å². The van der Waals surface area contributed by atoms with Gasteiger partial charge in [0, 0.05) is 0 Å². The lowest BCUT2D eigenvalue weighted by atomic mass is 9.76. The van der Waals surface area contributed by atoms with Crippen LogP contribution in [-0.4, -0.2) is 34.7 Å². The van der Waals surface area contributed by atoms with E-state index < -0.39 is 17.6 Å². The van der Waals surface area contributed by atoms with Crippen LogP contribution in [0.3, 0.4) is 0 Å². The average molecular weight is 227 g/mol. The number of amides is 1. The van der Waals surface area contributed by atoms with Gasteiger partial charge in [0.15, 0.2) is 0 Å². The first kappa shape index (κ1) is 11.4. The van der Waals surface area contributed by atoms with E-state index in [1.54, 1.807) is 0 Å². The summed E-state index contributed by atoms with van der Waals surface area (Å²) in [5.41, 5.74) is -1.02. The molecule has 90 valence electrons. The molecule has 0 aromatic carbocycles. The van der Waals surface area contributed by atoms with Crippen molar-refractivity contribution >= 4 is 11.9 Å². The number of hydrogen-bond donors (Lipinski definition) is 2. The van der Waals surface area contributed by atoms with Gasteiger partial charge in [-0.1, -0.05) is 0 Å². The number of carboxylic acid groups (broad SMARTS) is 1. The van der Waals surface area contributed by atoms with Crippen LogP contribution in [0.25, 0.3) is 0 Å². The zero-order valence-electron chi connectivity index (χ0n) is 9.36. The molecule has 16 heavy (non-hydrogen) atoms. The van der Waals surface area contributed by atoms with E-state index in [2.05, 4.69) is 5.32 Å². The smallest absolute Gasteiger partial charge is 0.329 e. The highest BCUT2D eigenvalue weighted by atomic mass is 16.5. The number of nitrogens with one attached hydrogen (secondary N) is 1. The molecule has 1 heterocycles. The Labute approximate surface area is 94.2 Å². The second-order valence-electron chi connectivity index (χ2n) is 4.74. The summed E-state index contributed by atoms with van der Waals surface area (Å²) in [6.45, 7) is 1.92. The van der Waals surface area contributed by atoms with Crippen molar-refractivity contribution in [3.05, 3.63) is 0 Å². The molecule has 0 aromatic heterocycles. The van der Waals surface area contributed by atoms with Crippen LogP contribution in [0, 0.1) is 0 Å². The van der Waals surface area contributed by atoms with Gasteiger partial charge in [-0.05, 0) is 39.0 Å². The third kappa shape index (κ3) is 1.91. The summed E-state index contributed by atoms with van der Waals surface area (Å²) in [5.74, 6) is -1.20. The molecule has 0 aromatic rings. The van der Waals surface area contributed by atoms with Crippen molar-refractivity contribution in [2.24, 2.45) is 0 Å². The van der Waals surface area contributed by atoms with Crippen molar-refractivity contribution in [3.8, 4) is 0 Å². The molecular weight excluding hydrogens is 210 g/mol. The summed E-state index contributed by atoms with van der Waals surface area (Å²) >= 11 is 0. The molecule has 1 amide bonds. The molecule has 2 rings (SSSR count). The highest BCUT2D eigenvalue weighted by molar-refractivity contribution is 5.89. The van der Waals surface area contributed by atoms with E-state index >= 15 is 0 Å². The maximum atomic E-state index is 11.8. The van der Waals surface area contributed by atoms with Crippen LogP contribution in [-0.2, 0) is 14.3 Å². The van der Waals surface area contributed by atoms with Crippen LogP contribution in [0.15, 0.2) is 0 Å². The summed E-state index contributed by atoms with van der Waals surface area (Å²) in [6.07, 6.45) is 3.08. The van der Waals surface area contributed by atoms with Crippen molar-refractivity contribution in [1.29, 1.82) is 0 Å². The number of ether oxygens (including phenoxy) is 1. The second kappa shape index (κ2) is 4.05. The van der Waals surface area contributed by atoms with Gasteiger partial charge in [0.25, 0.3) is 0 Å².